The van der Waals surface area contributed by atoms with Crippen LogP contribution in [0.25, 0.3) is 0 Å². The van der Waals surface area contributed by atoms with Gasteiger partial charge in [-0.3, -0.25) is 14.4 Å². The molecule has 3 rings (SSSR count). The summed E-state index contributed by atoms with van der Waals surface area (Å²) in [6.07, 6.45) is 6.58. The molecule has 32 heavy (non-hydrogen) atoms. The monoisotopic (exact) mass is 446 g/mol. The minimum absolute atomic E-state index is 0.0468. The van der Waals surface area contributed by atoms with Crippen molar-refractivity contribution in [2.75, 3.05) is 26.3 Å². The normalized spacial score (nSPS) is 25.3. The molecule has 2 aliphatic heterocycles. The second-order valence-corrected chi connectivity index (χ2v) is 8.40. The molecule has 0 saturated carbocycles. The molecule has 1 aromatic rings. The third-order valence-electron chi connectivity index (χ3n) is 6.03. The summed E-state index contributed by atoms with van der Waals surface area (Å²) in [7, 11) is 0. The van der Waals surface area contributed by atoms with Crippen molar-refractivity contribution in [1.29, 1.82) is 0 Å². The largest absolute Gasteiger partial charge is 0.463 e. The van der Waals surface area contributed by atoms with Crippen LogP contribution in [0.5, 0.6) is 0 Å². The zero-order chi connectivity index (χ0) is 22.9. The molecular formula is C24H31FN2O5. The summed E-state index contributed by atoms with van der Waals surface area (Å²) in [5, 5.41) is 11.5. The summed E-state index contributed by atoms with van der Waals surface area (Å²) in [5.41, 5.74) is 0.852. The molecule has 0 aliphatic carbocycles. The van der Waals surface area contributed by atoms with Crippen LogP contribution in [0.4, 0.5) is 4.39 Å². The lowest BCUT2D eigenvalue weighted by atomic mass is 9.94. The number of aliphatic hydroxyl groups is 1. The highest BCUT2D eigenvalue weighted by Gasteiger charge is 2.35. The molecule has 0 bridgehead atoms. The number of hydrogen-bond acceptors (Lipinski definition) is 5. The van der Waals surface area contributed by atoms with E-state index in [1.165, 1.54) is 12.1 Å². The minimum atomic E-state index is -0.504. The molecule has 174 valence electrons. The van der Waals surface area contributed by atoms with Crippen molar-refractivity contribution in [3.63, 3.8) is 0 Å². The summed E-state index contributed by atoms with van der Waals surface area (Å²) in [6.45, 7) is 0.721. The van der Waals surface area contributed by atoms with Crippen LogP contribution in [0.1, 0.15) is 37.7 Å². The number of carbonyl (C=O) groups is 3. The van der Waals surface area contributed by atoms with Crippen LogP contribution in [0.2, 0.25) is 0 Å². The van der Waals surface area contributed by atoms with Gasteiger partial charge in [0.25, 0.3) is 0 Å². The van der Waals surface area contributed by atoms with Gasteiger partial charge in [-0.05, 0) is 49.8 Å². The molecule has 2 heterocycles. The first-order valence-corrected chi connectivity index (χ1v) is 11.2. The van der Waals surface area contributed by atoms with Crippen molar-refractivity contribution < 1.29 is 28.6 Å². The number of rotatable bonds is 6. The molecule has 0 aromatic heterocycles. The van der Waals surface area contributed by atoms with E-state index in [9.17, 15) is 18.8 Å². The second kappa shape index (κ2) is 11.8. The first kappa shape index (κ1) is 23.9. The van der Waals surface area contributed by atoms with Crippen LogP contribution in [0.3, 0.4) is 0 Å². The van der Waals surface area contributed by atoms with Crippen molar-refractivity contribution in [2.24, 2.45) is 11.8 Å². The van der Waals surface area contributed by atoms with Gasteiger partial charge in [0.2, 0.25) is 11.8 Å². The number of hydrogen-bond donors (Lipinski definition) is 2. The summed E-state index contributed by atoms with van der Waals surface area (Å²) in [6, 6.07) is 5.90. The topological polar surface area (TPSA) is 95.9 Å². The lowest BCUT2D eigenvalue weighted by Gasteiger charge is -2.29. The number of nitrogens with one attached hydrogen (secondary N) is 1. The number of benzene rings is 1. The number of fused-ring (bicyclic) bond motifs is 1. The number of cyclic esters (lactones) is 1. The Morgan fingerprint density at radius 1 is 1.16 bits per heavy atom. The Labute approximate surface area is 187 Å². The lowest BCUT2D eigenvalue weighted by Crippen LogP contribution is -2.43. The Kier molecular flexibility index (Phi) is 8.79. The van der Waals surface area contributed by atoms with Crippen LogP contribution in [0, 0.1) is 17.7 Å². The molecule has 1 aromatic carbocycles. The molecule has 0 unspecified atom stereocenters. The SMILES string of the molecule is O=C(C[C@@H]1C/C=C\C[C@@H](Cc2ccc(F)cc2)C(=O)OC[C@@H]2CCCN2C1=O)NCCO. The fraction of sp³-hybridized carbons (Fsp3) is 0.542. The third kappa shape index (κ3) is 6.63. The van der Waals surface area contributed by atoms with Gasteiger partial charge in [0, 0.05) is 19.5 Å². The van der Waals surface area contributed by atoms with Crippen molar-refractivity contribution in [1.82, 2.24) is 10.2 Å². The highest BCUT2D eigenvalue weighted by Crippen LogP contribution is 2.25. The molecule has 1 saturated heterocycles. The number of esters is 1. The number of halogens is 1. The highest BCUT2D eigenvalue weighted by molar-refractivity contribution is 5.86. The van der Waals surface area contributed by atoms with Crippen molar-refractivity contribution in [3.8, 4) is 0 Å². The maximum atomic E-state index is 13.2. The van der Waals surface area contributed by atoms with E-state index in [0.29, 0.717) is 25.8 Å². The van der Waals surface area contributed by atoms with E-state index >= 15 is 0 Å². The Morgan fingerprint density at radius 3 is 2.59 bits per heavy atom. The number of aliphatic hydroxyl groups excluding tert-OH is 1. The Balaban J connectivity index is 1.74. The average Bonchev–Trinajstić information content (AvgIpc) is 3.26. The molecule has 0 spiro atoms. The third-order valence-corrected chi connectivity index (χ3v) is 6.03. The summed E-state index contributed by atoms with van der Waals surface area (Å²) < 4.78 is 18.8. The lowest BCUT2D eigenvalue weighted by molar-refractivity contribution is -0.152. The first-order valence-electron chi connectivity index (χ1n) is 11.2. The quantitative estimate of drug-likeness (QED) is 0.515. The van der Waals surface area contributed by atoms with Gasteiger partial charge in [-0.15, -0.1) is 0 Å². The van der Waals surface area contributed by atoms with E-state index in [4.69, 9.17) is 9.84 Å². The van der Waals surface area contributed by atoms with E-state index in [0.717, 1.165) is 18.4 Å². The van der Waals surface area contributed by atoms with Crippen molar-refractivity contribution in [3.05, 3.63) is 47.8 Å². The maximum absolute atomic E-state index is 13.2. The zero-order valence-corrected chi connectivity index (χ0v) is 18.2. The number of amides is 2. The van der Waals surface area contributed by atoms with E-state index in [1.54, 1.807) is 17.0 Å². The van der Waals surface area contributed by atoms with Gasteiger partial charge in [0.1, 0.15) is 12.4 Å². The fourth-order valence-electron chi connectivity index (χ4n) is 4.28. The zero-order valence-electron chi connectivity index (χ0n) is 18.2. The summed E-state index contributed by atoms with van der Waals surface area (Å²) in [5.74, 6) is -1.93. The molecule has 2 N–H and O–H groups in total. The van der Waals surface area contributed by atoms with E-state index in [2.05, 4.69) is 5.32 Å². The molecular weight excluding hydrogens is 415 g/mol. The van der Waals surface area contributed by atoms with Crippen molar-refractivity contribution in [2.45, 2.75) is 44.6 Å². The van der Waals surface area contributed by atoms with E-state index in [1.807, 2.05) is 12.2 Å². The van der Waals surface area contributed by atoms with Gasteiger partial charge in [0.05, 0.1) is 24.5 Å². The molecule has 3 atom stereocenters. The summed E-state index contributed by atoms with van der Waals surface area (Å²) in [4.78, 5) is 39.9. The van der Waals surface area contributed by atoms with E-state index < -0.39 is 11.8 Å². The van der Waals surface area contributed by atoms with Crippen LogP contribution >= 0.6 is 0 Å². The van der Waals surface area contributed by atoms with E-state index in [-0.39, 0.29) is 55.8 Å². The predicted molar refractivity (Wildman–Crippen MR) is 116 cm³/mol. The number of ether oxygens (including phenoxy) is 1. The number of carbonyl (C=O) groups excluding carboxylic acids is 3. The van der Waals surface area contributed by atoms with Crippen molar-refractivity contribution >= 4 is 17.8 Å². The number of nitrogens with zero attached hydrogens (tertiary/aromatic N) is 1. The molecule has 1 fully saturated rings. The standard InChI is InChI=1S/C24H31FN2O5/c25-20-9-7-17(8-10-20)14-19-5-2-1-4-18(15-22(29)26-11-13-28)23(30)27-12-3-6-21(27)16-32-24(19)31/h1-2,7-10,18-19,21,28H,3-6,11-16H2,(H,26,29)/b2-1-/t18-,19-,21-/m0/s1. The molecule has 0 radical (unpaired) electrons. The van der Waals surface area contributed by atoms with Crippen LogP contribution in [-0.2, 0) is 25.5 Å². The molecule has 7 nitrogen and oxygen atoms in total. The van der Waals surface area contributed by atoms with Gasteiger partial charge < -0.3 is 20.1 Å². The summed E-state index contributed by atoms with van der Waals surface area (Å²) >= 11 is 0. The molecule has 8 heteroatoms. The highest BCUT2D eigenvalue weighted by atomic mass is 19.1. The van der Waals surface area contributed by atoms with Crippen LogP contribution < -0.4 is 5.32 Å². The van der Waals surface area contributed by atoms with Gasteiger partial charge in [-0.1, -0.05) is 24.3 Å². The van der Waals surface area contributed by atoms with Gasteiger partial charge in [-0.2, -0.15) is 0 Å². The molecule has 2 aliphatic rings. The Hall–Kier alpha value is -2.74. The van der Waals surface area contributed by atoms with Gasteiger partial charge in [-0.25, -0.2) is 4.39 Å². The van der Waals surface area contributed by atoms with Gasteiger partial charge >= 0.3 is 5.97 Å². The Morgan fingerprint density at radius 2 is 1.88 bits per heavy atom. The smallest absolute Gasteiger partial charge is 0.309 e. The van der Waals surface area contributed by atoms with Crippen LogP contribution in [-0.4, -0.2) is 60.1 Å². The average molecular weight is 447 g/mol. The fourth-order valence-corrected chi connectivity index (χ4v) is 4.28. The Bertz CT molecular complexity index is 826. The maximum Gasteiger partial charge on any atom is 0.309 e. The van der Waals surface area contributed by atoms with Crippen LogP contribution in [0.15, 0.2) is 36.4 Å². The second-order valence-electron chi connectivity index (χ2n) is 8.40. The molecule has 2 amide bonds. The van der Waals surface area contributed by atoms with Gasteiger partial charge in [0.15, 0.2) is 0 Å². The first-order chi connectivity index (χ1) is 15.5. The predicted octanol–water partition coefficient (Wildman–Crippen LogP) is 1.98. The minimum Gasteiger partial charge on any atom is -0.463 e. The number of allylic oxidation sites excluding steroid dienone is 2.